The summed E-state index contributed by atoms with van der Waals surface area (Å²) in [5.74, 6) is 1.04. The lowest BCUT2D eigenvalue weighted by Gasteiger charge is -2.26. The second-order valence-electron chi connectivity index (χ2n) is 10.4. The maximum atomic E-state index is 11.6. The van der Waals surface area contributed by atoms with E-state index in [1.54, 1.807) is 6.07 Å². The third-order valence-corrected chi connectivity index (χ3v) is 8.12. The van der Waals surface area contributed by atoms with Gasteiger partial charge in [0.25, 0.3) is 0 Å². The van der Waals surface area contributed by atoms with Gasteiger partial charge in [-0.2, -0.15) is 9.78 Å². The molecule has 0 spiro atoms. The van der Waals surface area contributed by atoms with Crippen molar-refractivity contribution in [1.82, 2.24) is 20.1 Å². The van der Waals surface area contributed by atoms with Crippen molar-refractivity contribution in [1.29, 1.82) is 0 Å². The normalized spacial score (nSPS) is 17.0. The number of ether oxygens (including phenoxy) is 2. The van der Waals surface area contributed by atoms with Crippen molar-refractivity contribution in [2.45, 2.75) is 51.0 Å². The molecule has 206 valence electrons. The molecule has 0 bridgehead atoms. The number of aromatic nitrogens is 3. The summed E-state index contributed by atoms with van der Waals surface area (Å²) in [5, 5.41) is 17.2. The third kappa shape index (κ3) is 4.84. The Morgan fingerprint density at radius 2 is 1.93 bits per heavy atom. The predicted octanol–water partition coefficient (Wildman–Crippen LogP) is 5.74. The van der Waals surface area contributed by atoms with Crippen molar-refractivity contribution in [2.24, 2.45) is 0 Å². The Morgan fingerprint density at radius 3 is 2.70 bits per heavy atom. The second-order valence-corrected chi connectivity index (χ2v) is 10.4. The van der Waals surface area contributed by atoms with Crippen LogP contribution in [0.25, 0.3) is 17.1 Å². The molecule has 2 aromatic carbocycles. The molecule has 4 aromatic rings. The van der Waals surface area contributed by atoms with Crippen molar-refractivity contribution >= 4 is 5.97 Å². The number of hydrogen-bond acceptors (Lipinski definition) is 6. The summed E-state index contributed by atoms with van der Waals surface area (Å²) in [5.41, 5.74) is 7.03. The molecule has 1 aliphatic heterocycles. The summed E-state index contributed by atoms with van der Waals surface area (Å²) in [6.07, 6.45) is 6.39. The molecule has 2 N–H and O–H groups in total. The first kappa shape index (κ1) is 26.1. The summed E-state index contributed by atoms with van der Waals surface area (Å²) >= 11 is 0. The van der Waals surface area contributed by atoms with Crippen LogP contribution in [0.2, 0.25) is 0 Å². The highest BCUT2D eigenvalue weighted by molar-refractivity contribution is 5.90. The first-order chi connectivity index (χ1) is 19.6. The molecular weight excluding hydrogens is 504 g/mol. The fraction of sp³-hybridized carbons (Fsp3) is 0.344. The van der Waals surface area contributed by atoms with Gasteiger partial charge in [0.2, 0.25) is 5.88 Å². The van der Waals surface area contributed by atoms with E-state index in [1.165, 1.54) is 47.5 Å². The number of pyridine rings is 1. The monoisotopic (exact) mass is 538 g/mol. The number of fused-ring (bicyclic) bond motifs is 1. The van der Waals surface area contributed by atoms with E-state index >= 15 is 0 Å². The molecule has 1 unspecified atom stereocenters. The van der Waals surface area contributed by atoms with Gasteiger partial charge >= 0.3 is 5.97 Å². The third-order valence-electron chi connectivity index (χ3n) is 8.12. The molecule has 8 heteroatoms. The Bertz CT molecular complexity index is 1540. The molecule has 0 saturated carbocycles. The van der Waals surface area contributed by atoms with E-state index in [9.17, 15) is 9.90 Å². The van der Waals surface area contributed by atoms with Crippen LogP contribution in [0.15, 0.2) is 60.8 Å². The number of carboxylic acid groups (broad SMARTS) is 1. The minimum Gasteiger partial charge on any atom is -0.486 e. The van der Waals surface area contributed by atoms with Crippen molar-refractivity contribution in [3.8, 4) is 28.7 Å². The van der Waals surface area contributed by atoms with Gasteiger partial charge in [-0.3, -0.25) is 0 Å². The Balaban J connectivity index is 1.31. The summed E-state index contributed by atoms with van der Waals surface area (Å²) in [4.78, 5) is 16.5. The van der Waals surface area contributed by atoms with Gasteiger partial charge in [0, 0.05) is 11.1 Å². The quantitative estimate of drug-likeness (QED) is 0.295. The number of methoxy groups -OCH3 is 1. The summed E-state index contributed by atoms with van der Waals surface area (Å²) in [6, 6.07) is 18.6. The number of carbonyl (C=O) groups is 1. The van der Waals surface area contributed by atoms with Gasteiger partial charge in [0.15, 0.2) is 5.82 Å². The second kappa shape index (κ2) is 11.1. The largest absolute Gasteiger partial charge is 0.486 e. The van der Waals surface area contributed by atoms with Crippen LogP contribution >= 0.6 is 0 Å². The molecule has 2 aromatic heterocycles. The van der Waals surface area contributed by atoms with Crippen molar-refractivity contribution < 1.29 is 19.4 Å². The highest BCUT2D eigenvalue weighted by Crippen LogP contribution is 2.42. The Morgan fingerprint density at radius 1 is 1.10 bits per heavy atom. The van der Waals surface area contributed by atoms with E-state index in [0.717, 1.165) is 54.9 Å². The number of nitrogens with one attached hydrogen (secondary N) is 1. The number of rotatable bonds is 8. The molecule has 6 rings (SSSR count). The lowest BCUT2D eigenvalue weighted by Crippen LogP contribution is -2.27. The molecule has 1 aliphatic carbocycles. The van der Waals surface area contributed by atoms with E-state index in [4.69, 9.17) is 14.5 Å². The molecule has 1 atom stereocenters. The molecular formula is C32H34N4O4. The smallest absolute Gasteiger partial charge is 0.342 e. The number of hydrogen-bond donors (Lipinski definition) is 2. The molecule has 0 radical (unpaired) electrons. The predicted molar refractivity (Wildman–Crippen MR) is 153 cm³/mol. The highest BCUT2D eigenvalue weighted by atomic mass is 16.5. The molecule has 8 nitrogen and oxygen atoms in total. The van der Waals surface area contributed by atoms with Crippen LogP contribution in [0.5, 0.6) is 11.6 Å². The van der Waals surface area contributed by atoms with Crippen LogP contribution in [0.3, 0.4) is 0 Å². The molecule has 1 fully saturated rings. The van der Waals surface area contributed by atoms with Crippen molar-refractivity contribution in [2.75, 3.05) is 20.2 Å². The van der Waals surface area contributed by atoms with Gasteiger partial charge < -0.3 is 19.9 Å². The van der Waals surface area contributed by atoms with E-state index in [1.807, 2.05) is 12.1 Å². The maximum absolute atomic E-state index is 11.6. The first-order valence-electron chi connectivity index (χ1n) is 14.0. The number of carboxylic acids is 1. The summed E-state index contributed by atoms with van der Waals surface area (Å²) < 4.78 is 13.5. The van der Waals surface area contributed by atoms with Crippen LogP contribution in [0.1, 0.15) is 70.8 Å². The lowest BCUT2D eigenvalue weighted by molar-refractivity contribution is 0.0693. The number of aryl methyl sites for hydroxylation is 2. The fourth-order valence-electron chi connectivity index (χ4n) is 6.18. The van der Waals surface area contributed by atoms with Gasteiger partial charge in [-0.15, -0.1) is 0 Å². The zero-order valence-electron chi connectivity index (χ0n) is 22.9. The Hall–Kier alpha value is -4.17. The molecule has 2 aliphatic rings. The van der Waals surface area contributed by atoms with Crippen LogP contribution in [-0.2, 0) is 12.8 Å². The van der Waals surface area contributed by atoms with Gasteiger partial charge in [0.05, 0.1) is 19.0 Å². The standard InChI is InChI=1S/C32H34N4O4/c1-3-20-18-23(11-12-24(20)21-14-16-33-17-15-21)40-28-13-10-22-6-4-7-25(30(22)28)27-8-5-9-29(35-27)36-31(39-2)26(19-34-36)32(37)38/h4-9,11-12,18-19,21,28,33H,3,10,13-17H2,1-2H3,(H,37,38). The first-order valence-corrected chi connectivity index (χ1v) is 14.0. The van der Waals surface area contributed by atoms with Gasteiger partial charge in [0.1, 0.15) is 17.4 Å². The average Bonchev–Trinajstić information content (AvgIpc) is 3.62. The number of piperidine rings is 1. The van der Waals surface area contributed by atoms with E-state index in [0.29, 0.717) is 11.7 Å². The van der Waals surface area contributed by atoms with Gasteiger partial charge in [-0.1, -0.05) is 37.3 Å². The zero-order valence-corrected chi connectivity index (χ0v) is 22.9. The molecule has 40 heavy (non-hydrogen) atoms. The molecule has 1 saturated heterocycles. The van der Waals surface area contributed by atoms with Crippen molar-refractivity contribution in [3.63, 3.8) is 0 Å². The topological polar surface area (TPSA) is 98.5 Å². The highest BCUT2D eigenvalue weighted by Gasteiger charge is 2.29. The van der Waals surface area contributed by atoms with Gasteiger partial charge in [-0.05, 0) is 92.1 Å². The van der Waals surface area contributed by atoms with Crippen LogP contribution in [0.4, 0.5) is 0 Å². The Labute approximate surface area is 234 Å². The van der Waals surface area contributed by atoms with Crippen LogP contribution < -0.4 is 14.8 Å². The van der Waals surface area contributed by atoms with E-state index < -0.39 is 5.97 Å². The number of nitrogens with zero attached hydrogens (tertiary/aromatic N) is 3. The lowest BCUT2D eigenvalue weighted by atomic mass is 9.86. The van der Waals surface area contributed by atoms with E-state index in [2.05, 4.69) is 53.7 Å². The van der Waals surface area contributed by atoms with Crippen LogP contribution in [-0.4, -0.2) is 46.0 Å². The minimum atomic E-state index is -1.10. The van der Waals surface area contributed by atoms with Crippen LogP contribution in [0, 0.1) is 0 Å². The minimum absolute atomic E-state index is 0.0126. The molecule has 3 heterocycles. The fourth-order valence-corrected chi connectivity index (χ4v) is 6.18. The maximum Gasteiger partial charge on any atom is 0.342 e. The molecule has 0 amide bonds. The Kier molecular flexibility index (Phi) is 7.26. The summed E-state index contributed by atoms with van der Waals surface area (Å²) in [6.45, 7) is 4.38. The van der Waals surface area contributed by atoms with Gasteiger partial charge in [-0.25, -0.2) is 9.78 Å². The van der Waals surface area contributed by atoms with Crippen molar-refractivity contribution in [3.05, 3.63) is 88.6 Å². The zero-order chi connectivity index (χ0) is 27.6. The SMILES string of the molecule is CCc1cc(OC2CCc3cccc(-c4cccc(-n5ncc(C(=O)O)c5OC)n4)c32)ccc1C1CCNCC1. The average molecular weight is 539 g/mol. The number of benzene rings is 2. The van der Waals surface area contributed by atoms with E-state index in [-0.39, 0.29) is 17.5 Å². The summed E-state index contributed by atoms with van der Waals surface area (Å²) in [7, 11) is 1.43. The number of aromatic carboxylic acids is 1.